The molecule has 2 aromatic rings. The number of nitrogens with zero attached hydrogens (tertiary/aromatic N) is 4. The van der Waals surface area contributed by atoms with Gasteiger partial charge < -0.3 is 0 Å². The summed E-state index contributed by atoms with van der Waals surface area (Å²) in [5, 5.41) is 4.83. The van der Waals surface area contributed by atoms with Gasteiger partial charge in [-0.05, 0) is 18.9 Å². The molecule has 0 fully saturated rings. The van der Waals surface area contributed by atoms with Gasteiger partial charge in [0, 0.05) is 18.7 Å². The molecular weight excluding hydrogens is 288 g/mol. The van der Waals surface area contributed by atoms with E-state index in [2.05, 4.69) is 23.9 Å². The van der Waals surface area contributed by atoms with Gasteiger partial charge in [0.05, 0.1) is 18.3 Å². The predicted octanol–water partition coefficient (Wildman–Crippen LogP) is 3.07. The molecule has 2 aromatic heterocycles. The second kappa shape index (κ2) is 6.89. The highest BCUT2D eigenvalue weighted by molar-refractivity contribution is 6.29. The van der Waals surface area contributed by atoms with Gasteiger partial charge in [-0.15, -0.1) is 0 Å². The van der Waals surface area contributed by atoms with Crippen LogP contribution in [-0.4, -0.2) is 19.3 Å². The van der Waals surface area contributed by atoms with Crippen LogP contribution in [0.4, 0.5) is 0 Å². The number of halogens is 1. The van der Waals surface area contributed by atoms with Gasteiger partial charge in [-0.3, -0.25) is 14.0 Å². The van der Waals surface area contributed by atoms with Crippen molar-refractivity contribution in [2.45, 2.75) is 52.6 Å². The first kappa shape index (κ1) is 15.8. The van der Waals surface area contributed by atoms with Crippen LogP contribution in [0.1, 0.15) is 51.2 Å². The van der Waals surface area contributed by atoms with Crippen LogP contribution in [0, 0.1) is 0 Å². The molecule has 0 saturated heterocycles. The van der Waals surface area contributed by atoms with Crippen molar-refractivity contribution >= 4 is 11.6 Å². The van der Waals surface area contributed by atoms with Gasteiger partial charge in [0.15, 0.2) is 0 Å². The van der Waals surface area contributed by atoms with Crippen LogP contribution in [0.2, 0.25) is 5.15 Å². The highest BCUT2D eigenvalue weighted by Gasteiger charge is 2.11. The molecule has 0 unspecified atom stereocenters. The maximum atomic E-state index is 12.1. The molecule has 0 N–H and O–H groups in total. The Morgan fingerprint density at radius 3 is 2.62 bits per heavy atom. The summed E-state index contributed by atoms with van der Waals surface area (Å²) >= 11 is 5.84. The molecule has 0 atom stereocenters. The first-order chi connectivity index (χ1) is 10.1. The summed E-state index contributed by atoms with van der Waals surface area (Å²) in [5.74, 6) is 0.685. The standard InChI is InChI=1S/C15H21ClN4O/c1-4-12(5-2)20-8-7-11(18-20)10-19-14(6-3)17-13(16)9-15(19)21/h7-9,12H,4-6,10H2,1-3H3. The summed E-state index contributed by atoms with van der Waals surface area (Å²) in [7, 11) is 0. The molecule has 0 spiro atoms. The Labute approximate surface area is 129 Å². The molecule has 0 aliphatic rings. The molecule has 5 nitrogen and oxygen atoms in total. The molecule has 0 amide bonds. The maximum Gasteiger partial charge on any atom is 0.255 e. The monoisotopic (exact) mass is 308 g/mol. The smallest absolute Gasteiger partial charge is 0.255 e. The van der Waals surface area contributed by atoms with Gasteiger partial charge in [-0.25, -0.2) is 4.98 Å². The fourth-order valence-corrected chi connectivity index (χ4v) is 2.64. The Morgan fingerprint density at radius 1 is 1.29 bits per heavy atom. The lowest BCUT2D eigenvalue weighted by Crippen LogP contribution is -2.25. The number of hydrogen-bond donors (Lipinski definition) is 0. The summed E-state index contributed by atoms with van der Waals surface area (Å²) < 4.78 is 3.61. The predicted molar refractivity (Wildman–Crippen MR) is 83.8 cm³/mol. The van der Waals surface area contributed by atoms with E-state index < -0.39 is 0 Å². The van der Waals surface area contributed by atoms with Crippen LogP contribution < -0.4 is 5.56 Å². The van der Waals surface area contributed by atoms with Crippen LogP contribution in [-0.2, 0) is 13.0 Å². The average Bonchev–Trinajstić information content (AvgIpc) is 2.91. The third-order valence-electron chi connectivity index (χ3n) is 3.67. The summed E-state index contributed by atoms with van der Waals surface area (Å²) in [5.41, 5.74) is 0.728. The van der Waals surface area contributed by atoms with Crippen LogP contribution >= 0.6 is 11.6 Å². The molecule has 2 rings (SSSR count). The van der Waals surface area contributed by atoms with E-state index in [4.69, 9.17) is 11.6 Å². The first-order valence-corrected chi connectivity index (χ1v) is 7.77. The minimum absolute atomic E-state index is 0.135. The minimum Gasteiger partial charge on any atom is -0.290 e. The molecule has 0 aliphatic heterocycles. The van der Waals surface area contributed by atoms with E-state index in [0.717, 1.165) is 18.5 Å². The lowest BCUT2D eigenvalue weighted by molar-refractivity contribution is 0.424. The normalized spacial score (nSPS) is 11.3. The molecule has 114 valence electrons. The molecule has 2 heterocycles. The summed E-state index contributed by atoms with van der Waals surface area (Å²) in [6.45, 7) is 6.69. The molecule has 0 aliphatic carbocycles. The first-order valence-electron chi connectivity index (χ1n) is 7.39. The fourth-order valence-electron chi connectivity index (χ4n) is 2.45. The van der Waals surface area contributed by atoms with Gasteiger partial charge in [0.25, 0.3) is 5.56 Å². The van der Waals surface area contributed by atoms with E-state index in [0.29, 0.717) is 24.8 Å². The summed E-state index contributed by atoms with van der Waals surface area (Å²) in [6, 6.07) is 3.71. The topological polar surface area (TPSA) is 52.7 Å². The third-order valence-corrected chi connectivity index (χ3v) is 3.87. The lowest BCUT2D eigenvalue weighted by atomic mass is 10.2. The Kier molecular flexibility index (Phi) is 5.17. The molecule has 0 radical (unpaired) electrons. The number of aromatic nitrogens is 4. The Bertz CT molecular complexity index is 658. The zero-order valence-corrected chi connectivity index (χ0v) is 13.5. The van der Waals surface area contributed by atoms with Gasteiger partial charge in [-0.1, -0.05) is 32.4 Å². The van der Waals surface area contributed by atoms with Crippen molar-refractivity contribution in [1.82, 2.24) is 19.3 Å². The quantitative estimate of drug-likeness (QED) is 0.771. The van der Waals surface area contributed by atoms with E-state index in [1.165, 1.54) is 6.07 Å². The van der Waals surface area contributed by atoms with Crippen LogP contribution in [0.15, 0.2) is 23.1 Å². The van der Waals surface area contributed by atoms with E-state index >= 15 is 0 Å². The summed E-state index contributed by atoms with van der Waals surface area (Å²) in [4.78, 5) is 16.3. The largest absolute Gasteiger partial charge is 0.290 e. The van der Waals surface area contributed by atoms with Crippen LogP contribution in [0.5, 0.6) is 0 Å². The Morgan fingerprint density at radius 2 is 2.00 bits per heavy atom. The highest BCUT2D eigenvalue weighted by Crippen LogP contribution is 2.15. The number of rotatable bonds is 6. The van der Waals surface area contributed by atoms with Crippen molar-refractivity contribution < 1.29 is 0 Å². The van der Waals surface area contributed by atoms with E-state index in [-0.39, 0.29) is 10.7 Å². The number of hydrogen-bond acceptors (Lipinski definition) is 3. The fraction of sp³-hybridized carbons (Fsp3) is 0.533. The van der Waals surface area contributed by atoms with Crippen molar-refractivity contribution in [2.75, 3.05) is 0 Å². The maximum absolute atomic E-state index is 12.1. The van der Waals surface area contributed by atoms with Gasteiger partial charge >= 0.3 is 0 Å². The van der Waals surface area contributed by atoms with Crippen molar-refractivity contribution in [3.8, 4) is 0 Å². The number of aryl methyl sites for hydroxylation is 1. The third kappa shape index (κ3) is 3.53. The van der Waals surface area contributed by atoms with Crippen LogP contribution in [0.25, 0.3) is 0 Å². The second-order valence-corrected chi connectivity index (χ2v) is 5.42. The molecule has 21 heavy (non-hydrogen) atoms. The van der Waals surface area contributed by atoms with E-state index in [9.17, 15) is 4.79 Å². The minimum atomic E-state index is -0.135. The zero-order chi connectivity index (χ0) is 15.4. The Balaban J connectivity index is 2.29. The van der Waals surface area contributed by atoms with E-state index in [1.807, 2.05) is 23.9 Å². The summed E-state index contributed by atoms with van der Waals surface area (Å²) in [6.07, 6.45) is 4.72. The van der Waals surface area contributed by atoms with Crippen molar-refractivity contribution in [3.05, 3.63) is 45.4 Å². The average molecular weight is 309 g/mol. The molecule has 0 aromatic carbocycles. The molecule has 0 bridgehead atoms. The molecule has 0 saturated carbocycles. The van der Waals surface area contributed by atoms with Gasteiger partial charge in [0.1, 0.15) is 11.0 Å². The molecular formula is C15H21ClN4O. The van der Waals surface area contributed by atoms with Crippen molar-refractivity contribution in [1.29, 1.82) is 0 Å². The second-order valence-electron chi connectivity index (χ2n) is 5.03. The van der Waals surface area contributed by atoms with Crippen molar-refractivity contribution in [2.24, 2.45) is 0 Å². The SMILES string of the molecule is CCc1nc(Cl)cc(=O)n1Cc1ccn(C(CC)CC)n1. The van der Waals surface area contributed by atoms with Gasteiger partial charge in [-0.2, -0.15) is 5.10 Å². The van der Waals surface area contributed by atoms with E-state index in [1.54, 1.807) is 4.57 Å². The zero-order valence-electron chi connectivity index (χ0n) is 12.7. The van der Waals surface area contributed by atoms with Crippen LogP contribution in [0.3, 0.4) is 0 Å². The highest BCUT2D eigenvalue weighted by atomic mass is 35.5. The van der Waals surface area contributed by atoms with Gasteiger partial charge in [0.2, 0.25) is 0 Å². The Hall–Kier alpha value is -1.62. The van der Waals surface area contributed by atoms with Crippen molar-refractivity contribution in [3.63, 3.8) is 0 Å². The lowest BCUT2D eigenvalue weighted by Gasteiger charge is -2.13. The molecule has 6 heteroatoms.